The summed E-state index contributed by atoms with van der Waals surface area (Å²) in [6.07, 6.45) is 5.54. The van der Waals surface area contributed by atoms with Gasteiger partial charge in [-0.25, -0.2) is 4.68 Å². The Bertz CT molecular complexity index is 1530. The third kappa shape index (κ3) is 3.94. The summed E-state index contributed by atoms with van der Waals surface area (Å²) in [7, 11) is 0. The third-order valence-corrected chi connectivity index (χ3v) is 6.94. The highest BCUT2D eigenvalue weighted by Crippen LogP contribution is 2.33. The normalized spacial score (nSPS) is 15.7. The first-order valence-electron chi connectivity index (χ1n) is 12.3. The van der Waals surface area contributed by atoms with Gasteiger partial charge in [-0.3, -0.25) is 19.1 Å². The second-order valence-corrected chi connectivity index (χ2v) is 9.32. The van der Waals surface area contributed by atoms with Gasteiger partial charge in [0.2, 0.25) is 0 Å². The molecular weight excluding hydrogens is 456 g/mol. The van der Waals surface area contributed by atoms with Crippen molar-refractivity contribution in [2.75, 3.05) is 17.2 Å². The van der Waals surface area contributed by atoms with Crippen molar-refractivity contribution in [3.8, 4) is 11.4 Å². The van der Waals surface area contributed by atoms with Crippen molar-refractivity contribution in [1.82, 2.24) is 9.36 Å². The maximum atomic E-state index is 13.7. The molecule has 1 aliphatic heterocycles. The van der Waals surface area contributed by atoms with Crippen molar-refractivity contribution in [1.29, 1.82) is 0 Å². The Kier molecular flexibility index (Phi) is 5.56. The number of nitrogens with zero attached hydrogens (tertiary/aromatic N) is 2. The van der Waals surface area contributed by atoms with E-state index in [1.54, 1.807) is 35.0 Å². The van der Waals surface area contributed by atoms with Crippen LogP contribution in [0.3, 0.4) is 0 Å². The third-order valence-electron chi connectivity index (χ3n) is 6.94. The Balaban J connectivity index is 1.38. The van der Waals surface area contributed by atoms with Crippen molar-refractivity contribution in [2.24, 2.45) is 0 Å². The van der Waals surface area contributed by atoms with E-state index in [1.165, 1.54) is 6.42 Å². The molecular formula is C28H26N4O4. The van der Waals surface area contributed by atoms with E-state index in [9.17, 15) is 14.4 Å². The van der Waals surface area contributed by atoms with Gasteiger partial charge >= 0.3 is 0 Å². The van der Waals surface area contributed by atoms with Crippen LogP contribution in [0.15, 0.2) is 71.5 Å². The number of fused-ring (bicyclic) bond motifs is 2. The summed E-state index contributed by atoms with van der Waals surface area (Å²) >= 11 is 0. The van der Waals surface area contributed by atoms with E-state index in [0.29, 0.717) is 28.1 Å². The summed E-state index contributed by atoms with van der Waals surface area (Å²) < 4.78 is 9.26. The molecule has 6 rings (SSSR count). The second-order valence-electron chi connectivity index (χ2n) is 9.32. The van der Waals surface area contributed by atoms with E-state index in [2.05, 4.69) is 15.3 Å². The highest BCUT2D eigenvalue weighted by molar-refractivity contribution is 6.07. The molecule has 36 heavy (non-hydrogen) atoms. The fraction of sp³-hybridized carbons (Fsp3) is 0.250. The van der Waals surface area contributed by atoms with Gasteiger partial charge in [0.05, 0.1) is 28.3 Å². The molecule has 1 aromatic heterocycles. The smallest absolute Gasteiger partial charge is 0.279 e. The Morgan fingerprint density at radius 2 is 1.75 bits per heavy atom. The van der Waals surface area contributed by atoms with Crippen molar-refractivity contribution in [3.05, 3.63) is 82.6 Å². The number of amides is 2. The number of ether oxygens (including phenoxy) is 1. The van der Waals surface area contributed by atoms with E-state index in [-0.39, 0.29) is 30.0 Å². The first kappa shape index (κ1) is 22.2. The summed E-state index contributed by atoms with van der Waals surface area (Å²) in [5, 5.41) is 6.12. The summed E-state index contributed by atoms with van der Waals surface area (Å²) in [5.74, 6) is -0.0240. The first-order chi connectivity index (χ1) is 17.6. The van der Waals surface area contributed by atoms with Gasteiger partial charge in [-0.1, -0.05) is 37.5 Å². The van der Waals surface area contributed by atoms with Crippen LogP contribution in [-0.2, 0) is 4.79 Å². The topological polar surface area (TPSA) is 94.4 Å². The first-order valence-corrected chi connectivity index (χ1v) is 12.3. The minimum absolute atomic E-state index is 0.0280. The van der Waals surface area contributed by atoms with Crippen LogP contribution in [-0.4, -0.2) is 27.8 Å². The van der Waals surface area contributed by atoms with E-state index in [1.807, 2.05) is 36.4 Å². The van der Waals surface area contributed by atoms with E-state index < -0.39 is 0 Å². The number of para-hydroxylation sites is 1. The van der Waals surface area contributed by atoms with Crippen molar-refractivity contribution in [3.63, 3.8) is 0 Å². The monoisotopic (exact) mass is 482 g/mol. The number of benzene rings is 3. The van der Waals surface area contributed by atoms with Crippen molar-refractivity contribution < 1.29 is 14.3 Å². The van der Waals surface area contributed by atoms with Gasteiger partial charge in [-0.15, -0.1) is 0 Å². The van der Waals surface area contributed by atoms with E-state index in [0.717, 1.165) is 36.9 Å². The minimum Gasteiger partial charge on any atom is -0.482 e. The molecule has 0 bridgehead atoms. The number of rotatable bonds is 4. The van der Waals surface area contributed by atoms with Crippen LogP contribution < -0.4 is 20.9 Å². The highest BCUT2D eigenvalue weighted by Gasteiger charge is 2.24. The van der Waals surface area contributed by atoms with E-state index in [4.69, 9.17) is 4.74 Å². The lowest BCUT2D eigenvalue weighted by atomic mass is 9.95. The number of anilines is 2. The van der Waals surface area contributed by atoms with Gasteiger partial charge < -0.3 is 15.4 Å². The summed E-state index contributed by atoms with van der Waals surface area (Å²) in [6, 6.07) is 20.3. The number of aromatic nitrogens is 2. The molecule has 4 aromatic rings. The SMILES string of the molecule is O=C1COc2ccc(NC(=O)c3ccc4c(c3)c(=O)n(-c3ccccc3)n4C3CCCCC3)cc2N1. The van der Waals surface area contributed by atoms with Gasteiger partial charge in [0.25, 0.3) is 17.4 Å². The van der Waals surface area contributed by atoms with E-state index >= 15 is 0 Å². The van der Waals surface area contributed by atoms with Crippen LogP contribution in [0.1, 0.15) is 48.5 Å². The van der Waals surface area contributed by atoms with Crippen molar-refractivity contribution in [2.45, 2.75) is 38.1 Å². The predicted octanol–water partition coefficient (Wildman–Crippen LogP) is 4.88. The average Bonchev–Trinajstić information content (AvgIpc) is 3.21. The molecule has 2 aliphatic rings. The Labute approximate surface area is 207 Å². The summed E-state index contributed by atoms with van der Waals surface area (Å²) in [4.78, 5) is 38.4. The molecule has 3 aromatic carbocycles. The predicted molar refractivity (Wildman–Crippen MR) is 138 cm³/mol. The molecule has 0 radical (unpaired) electrons. The Morgan fingerprint density at radius 3 is 2.56 bits per heavy atom. The molecule has 8 heteroatoms. The molecule has 0 saturated heterocycles. The van der Waals surface area contributed by atoms with Gasteiger partial charge in [0.15, 0.2) is 6.61 Å². The molecule has 2 heterocycles. The lowest BCUT2D eigenvalue weighted by molar-refractivity contribution is -0.118. The minimum atomic E-state index is -0.337. The zero-order valence-corrected chi connectivity index (χ0v) is 19.7. The fourth-order valence-corrected chi connectivity index (χ4v) is 5.23. The number of nitrogens with one attached hydrogen (secondary N) is 2. The average molecular weight is 483 g/mol. The molecule has 8 nitrogen and oxygen atoms in total. The number of hydrogen-bond donors (Lipinski definition) is 2. The van der Waals surface area contributed by atoms with Crippen LogP contribution in [0.4, 0.5) is 11.4 Å². The molecule has 0 spiro atoms. The zero-order chi connectivity index (χ0) is 24.6. The largest absolute Gasteiger partial charge is 0.482 e. The molecule has 182 valence electrons. The van der Waals surface area contributed by atoms with Gasteiger partial charge in [0.1, 0.15) is 5.75 Å². The van der Waals surface area contributed by atoms with Crippen LogP contribution >= 0.6 is 0 Å². The number of carbonyl (C=O) groups excluding carboxylic acids is 2. The van der Waals surface area contributed by atoms with Crippen LogP contribution in [0.25, 0.3) is 16.6 Å². The molecule has 0 atom stereocenters. The van der Waals surface area contributed by atoms with Crippen LogP contribution in [0.2, 0.25) is 0 Å². The Morgan fingerprint density at radius 1 is 0.944 bits per heavy atom. The van der Waals surface area contributed by atoms with Crippen LogP contribution in [0, 0.1) is 0 Å². The molecule has 1 saturated carbocycles. The van der Waals surface area contributed by atoms with Crippen molar-refractivity contribution >= 4 is 34.1 Å². The molecule has 0 unspecified atom stereocenters. The maximum absolute atomic E-state index is 13.7. The quantitative estimate of drug-likeness (QED) is 0.433. The summed E-state index contributed by atoms with van der Waals surface area (Å²) in [5.41, 5.74) is 2.93. The number of carbonyl (C=O) groups is 2. The molecule has 1 fully saturated rings. The van der Waals surface area contributed by atoms with Gasteiger partial charge in [-0.2, -0.15) is 0 Å². The fourth-order valence-electron chi connectivity index (χ4n) is 5.23. The number of hydrogen-bond acceptors (Lipinski definition) is 4. The van der Waals surface area contributed by atoms with Gasteiger partial charge in [0, 0.05) is 11.3 Å². The maximum Gasteiger partial charge on any atom is 0.279 e. The second kappa shape index (κ2) is 9.03. The zero-order valence-electron chi connectivity index (χ0n) is 19.7. The Hall–Kier alpha value is -4.33. The highest BCUT2D eigenvalue weighted by atomic mass is 16.5. The van der Waals surface area contributed by atoms with Gasteiger partial charge in [-0.05, 0) is 61.4 Å². The molecule has 2 amide bonds. The molecule has 1 aliphatic carbocycles. The lowest BCUT2D eigenvalue weighted by Crippen LogP contribution is -2.25. The lowest BCUT2D eigenvalue weighted by Gasteiger charge is -2.26. The summed E-state index contributed by atoms with van der Waals surface area (Å²) in [6.45, 7) is -0.0280. The standard InChI is InChI=1S/C28H26N4O4/c33-26-17-36-25-14-12-19(16-23(25)30-26)29-27(34)18-11-13-24-22(15-18)28(35)32(21-9-5-2-6-10-21)31(24)20-7-3-1-4-8-20/h2,5-6,9-16,20H,1,3-4,7-8,17H2,(H,29,34)(H,30,33). The van der Waals surface area contributed by atoms with Crippen LogP contribution in [0.5, 0.6) is 5.75 Å². The molecule has 2 N–H and O–H groups in total.